The number of benzene rings is 1. The Hall–Kier alpha value is -0.610. The number of aliphatic hydroxyl groups excluding tert-OH is 1. The summed E-state index contributed by atoms with van der Waals surface area (Å²) >= 11 is 3.11. The van der Waals surface area contributed by atoms with E-state index >= 15 is 0 Å². The maximum Gasteiger partial charge on any atom is 0.124 e. The van der Waals surface area contributed by atoms with E-state index in [1.807, 2.05) is 0 Å². The molecular weight excluding hydrogens is 239 g/mol. The van der Waals surface area contributed by atoms with Gasteiger partial charge in [-0.1, -0.05) is 15.9 Å². The molecule has 72 valence electrons. The van der Waals surface area contributed by atoms with Crippen molar-refractivity contribution in [3.63, 3.8) is 0 Å². The van der Waals surface area contributed by atoms with E-state index in [2.05, 4.69) is 15.9 Å². The quantitative estimate of drug-likeness (QED) is 0.832. The molecule has 1 N–H and O–H groups in total. The van der Waals surface area contributed by atoms with Crippen LogP contribution in [-0.2, 0) is 0 Å². The molecule has 0 fully saturated rings. The first-order valence-corrected chi connectivity index (χ1v) is 4.88. The second-order valence-corrected chi connectivity index (χ2v) is 3.20. The molecule has 0 radical (unpaired) electrons. The van der Waals surface area contributed by atoms with Gasteiger partial charge in [0.1, 0.15) is 11.6 Å². The van der Waals surface area contributed by atoms with Crippen molar-refractivity contribution < 1.29 is 14.2 Å². The van der Waals surface area contributed by atoms with Crippen LogP contribution in [0.3, 0.4) is 0 Å². The highest BCUT2D eigenvalue weighted by Gasteiger charge is 2.12. The van der Waals surface area contributed by atoms with Crippen LogP contribution in [0.4, 0.5) is 4.39 Å². The van der Waals surface area contributed by atoms with Crippen molar-refractivity contribution in [2.45, 2.75) is 6.10 Å². The normalized spacial score (nSPS) is 12.6. The van der Waals surface area contributed by atoms with Crippen molar-refractivity contribution in [3.8, 4) is 5.75 Å². The molecule has 1 aromatic rings. The maximum absolute atomic E-state index is 12.8. The molecule has 0 amide bonds. The third-order valence-electron chi connectivity index (χ3n) is 1.70. The van der Waals surface area contributed by atoms with Crippen LogP contribution in [0.15, 0.2) is 18.2 Å². The summed E-state index contributed by atoms with van der Waals surface area (Å²) in [6.07, 6.45) is -0.745. The Morgan fingerprint density at radius 1 is 1.62 bits per heavy atom. The van der Waals surface area contributed by atoms with Gasteiger partial charge in [0.05, 0.1) is 13.2 Å². The molecule has 0 aliphatic rings. The summed E-state index contributed by atoms with van der Waals surface area (Å²) in [5, 5.41) is 9.83. The third-order valence-corrected chi connectivity index (χ3v) is 2.31. The van der Waals surface area contributed by atoms with Gasteiger partial charge in [-0.2, -0.15) is 0 Å². The number of ether oxygens (including phenoxy) is 1. The number of methoxy groups -OCH3 is 1. The average Bonchev–Trinajstić information content (AvgIpc) is 2.16. The standard InChI is InChI=1S/C9H10BrFO2/c1-13-9-3-2-6(11)4-7(9)8(12)5-10/h2-4,8,12H,5H2,1H3. The van der Waals surface area contributed by atoms with E-state index in [-0.39, 0.29) is 5.82 Å². The van der Waals surface area contributed by atoms with Crippen molar-refractivity contribution in [2.75, 3.05) is 12.4 Å². The maximum atomic E-state index is 12.8. The summed E-state index contributed by atoms with van der Waals surface area (Å²) in [5.74, 6) is 0.115. The van der Waals surface area contributed by atoms with Gasteiger partial charge in [-0.25, -0.2) is 4.39 Å². The largest absolute Gasteiger partial charge is 0.496 e. The molecule has 0 aliphatic heterocycles. The zero-order chi connectivity index (χ0) is 9.84. The first-order valence-electron chi connectivity index (χ1n) is 3.76. The van der Waals surface area contributed by atoms with Crippen molar-refractivity contribution in [1.82, 2.24) is 0 Å². The Kier molecular flexibility index (Phi) is 3.69. The predicted molar refractivity (Wildman–Crippen MR) is 51.7 cm³/mol. The molecule has 0 bridgehead atoms. The van der Waals surface area contributed by atoms with Crippen LogP contribution in [0.1, 0.15) is 11.7 Å². The lowest BCUT2D eigenvalue weighted by atomic mass is 10.1. The van der Waals surface area contributed by atoms with Crippen molar-refractivity contribution in [2.24, 2.45) is 0 Å². The first-order chi connectivity index (χ1) is 6.19. The minimum absolute atomic E-state index is 0.354. The second-order valence-electron chi connectivity index (χ2n) is 2.56. The molecule has 1 unspecified atom stereocenters. The molecule has 0 spiro atoms. The van der Waals surface area contributed by atoms with E-state index in [9.17, 15) is 9.50 Å². The fraction of sp³-hybridized carbons (Fsp3) is 0.333. The van der Waals surface area contributed by atoms with Gasteiger partial charge in [0, 0.05) is 10.9 Å². The SMILES string of the molecule is COc1ccc(F)cc1C(O)CBr. The Morgan fingerprint density at radius 2 is 2.31 bits per heavy atom. The van der Waals surface area contributed by atoms with Gasteiger partial charge in [-0.05, 0) is 18.2 Å². The summed E-state index contributed by atoms with van der Waals surface area (Å²) < 4.78 is 17.8. The molecular formula is C9H10BrFO2. The monoisotopic (exact) mass is 248 g/mol. The summed E-state index contributed by atoms with van der Waals surface area (Å²) in [5.41, 5.74) is 0.458. The molecule has 2 nitrogen and oxygen atoms in total. The Balaban J connectivity index is 3.07. The summed E-state index contributed by atoms with van der Waals surface area (Å²) in [7, 11) is 1.48. The highest BCUT2D eigenvalue weighted by atomic mass is 79.9. The van der Waals surface area contributed by atoms with Crippen LogP contribution in [0, 0.1) is 5.82 Å². The number of halogens is 2. The molecule has 1 rings (SSSR count). The third kappa shape index (κ3) is 2.42. The van der Waals surface area contributed by atoms with E-state index in [0.29, 0.717) is 16.6 Å². The number of rotatable bonds is 3. The van der Waals surface area contributed by atoms with Crippen molar-refractivity contribution in [3.05, 3.63) is 29.6 Å². The molecule has 1 aromatic carbocycles. The van der Waals surface area contributed by atoms with Crippen molar-refractivity contribution >= 4 is 15.9 Å². The molecule has 0 aliphatic carbocycles. The van der Waals surface area contributed by atoms with Gasteiger partial charge in [-0.3, -0.25) is 0 Å². The van der Waals surface area contributed by atoms with Gasteiger partial charge in [-0.15, -0.1) is 0 Å². The van der Waals surface area contributed by atoms with Gasteiger partial charge in [0.2, 0.25) is 0 Å². The molecule has 13 heavy (non-hydrogen) atoms. The summed E-state index contributed by atoms with van der Waals surface area (Å²) in [6, 6.07) is 4.06. The van der Waals surface area contributed by atoms with E-state index < -0.39 is 6.10 Å². The highest BCUT2D eigenvalue weighted by Crippen LogP contribution is 2.26. The smallest absolute Gasteiger partial charge is 0.124 e. The summed E-state index contributed by atoms with van der Waals surface area (Å²) in [6.45, 7) is 0. The van der Waals surface area contributed by atoms with Gasteiger partial charge < -0.3 is 9.84 Å². The van der Waals surface area contributed by atoms with Crippen LogP contribution >= 0.6 is 15.9 Å². The molecule has 4 heteroatoms. The van der Waals surface area contributed by atoms with Gasteiger partial charge in [0.15, 0.2) is 0 Å². The van der Waals surface area contributed by atoms with E-state index in [0.717, 1.165) is 0 Å². The fourth-order valence-corrected chi connectivity index (χ4v) is 1.40. The van der Waals surface area contributed by atoms with Gasteiger partial charge >= 0.3 is 0 Å². The Morgan fingerprint density at radius 3 is 2.85 bits per heavy atom. The zero-order valence-electron chi connectivity index (χ0n) is 7.13. The minimum atomic E-state index is -0.745. The van der Waals surface area contributed by atoms with Crippen LogP contribution in [0.2, 0.25) is 0 Å². The molecule has 0 saturated carbocycles. The van der Waals surface area contributed by atoms with Crippen LogP contribution in [0.5, 0.6) is 5.75 Å². The molecule has 0 heterocycles. The first kappa shape index (κ1) is 10.5. The number of hydrogen-bond acceptors (Lipinski definition) is 2. The fourth-order valence-electron chi connectivity index (χ4n) is 1.05. The zero-order valence-corrected chi connectivity index (χ0v) is 8.71. The second kappa shape index (κ2) is 4.58. The average molecular weight is 249 g/mol. The van der Waals surface area contributed by atoms with Crippen LogP contribution < -0.4 is 4.74 Å². The summed E-state index contributed by atoms with van der Waals surface area (Å²) in [4.78, 5) is 0. The predicted octanol–water partition coefficient (Wildman–Crippen LogP) is 2.26. The van der Waals surface area contributed by atoms with E-state index in [1.165, 1.54) is 25.3 Å². The van der Waals surface area contributed by atoms with Crippen molar-refractivity contribution in [1.29, 1.82) is 0 Å². The lowest BCUT2D eigenvalue weighted by Gasteiger charge is -2.12. The molecule has 0 aromatic heterocycles. The van der Waals surface area contributed by atoms with Crippen LogP contribution in [0.25, 0.3) is 0 Å². The highest BCUT2D eigenvalue weighted by molar-refractivity contribution is 9.09. The molecule has 1 atom stereocenters. The van der Waals surface area contributed by atoms with Crippen LogP contribution in [-0.4, -0.2) is 17.5 Å². The Labute approximate surface area is 84.5 Å². The number of alkyl halides is 1. The topological polar surface area (TPSA) is 29.5 Å². The Bertz CT molecular complexity index is 291. The van der Waals surface area contributed by atoms with Gasteiger partial charge in [0.25, 0.3) is 0 Å². The molecule has 0 saturated heterocycles. The van der Waals surface area contributed by atoms with E-state index in [4.69, 9.17) is 4.74 Å². The number of aliphatic hydroxyl groups is 1. The van der Waals surface area contributed by atoms with E-state index in [1.54, 1.807) is 0 Å². The number of hydrogen-bond donors (Lipinski definition) is 1. The lowest BCUT2D eigenvalue weighted by Crippen LogP contribution is -2.02. The lowest BCUT2D eigenvalue weighted by molar-refractivity contribution is 0.199. The minimum Gasteiger partial charge on any atom is -0.496 e.